The highest BCUT2D eigenvalue weighted by Crippen LogP contribution is 2.29. The minimum atomic E-state index is -0.485. The fraction of sp³-hybridized carbons (Fsp3) is 0.500. The summed E-state index contributed by atoms with van der Waals surface area (Å²) in [5.41, 5.74) is 0.358. The third-order valence-electron chi connectivity index (χ3n) is 4.28. The highest BCUT2D eigenvalue weighted by Gasteiger charge is 2.31. The quantitative estimate of drug-likeness (QED) is 0.677. The number of fused-ring (bicyclic) bond motifs is 3. The lowest BCUT2D eigenvalue weighted by molar-refractivity contribution is -0.139. The van der Waals surface area contributed by atoms with Gasteiger partial charge in [-0.3, -0.25) is 23.3 Å². The van der Waals surface area contributed by atoms with Crippen molar-refractivity contribution >= 4 is 28.8 Å². The summed E-state index contributed by atoms with van der Waals surface area (Å²) in [5.74, 6) is -0.159. The number of aryl methyl sites for hydroxylation is 1. The molecule has 0 aliphatic carbocycles. The van der Waals surface area contributed by atoms with E-state index in [9.17, 15) is 14.4 Å². The van der Waals surface area contributed by atoms with E-state index in [-0.39, 0.29) is 18.2 Å². The van der Waals surface area contributed by atoms with Crippen LogP contribution in [-0.4, -0.2) is 44.0 Å². The standard InChI is InChI=1S/C14H18N6O4/c1-7-8(2)20-10-11(17(3)14(23)18(4)12(10)22)15-13(20)19(16-7)6-9(21)24-5/h8H,6H2,1-5H3. The van der Waals surface area contributed by atoms with Gasteiger partial charge in [-0.2, -0.15) is 10.1 Å². The first-order valence-electron chi connectivity index (χ1n) is 7.35. The van der Waals surface area contributed by atoms with Crippen LogP contribution < -0.4 is 16.3 Å². The van der Waals surface area contributed by atoms with Crippen LogP contribution in [-0.2, 0) is 23.6 Å². The van der Waals surface area contributed by atoms with Gasteiger partial charge in [-0.05, 0) is 13.8 Å². The molecule has 0 amide bonds. The number of carbonyl (C=O) groups excluding carboxylic acids is 1. The number of hydrazone groups is 1. The van der Waals surface area contributed by atoms with Crippen molar-refractivity contribution in [3.63, 3.8) is 0 Å². The lowest BCUT2D eigenvalue weighted by Crippen LogP contribution is -2.39. The summed E-state index contributed by atoms with van der Waals surface area (Å²) in [6.45, 7) is 3.54. The molecule has 24 heavy (non-hydrogen) atoms. The molecule has 0 saturated heterocycles. The molecule has 1 aliphatic rings. The van der Waals surface area contributed by atoms with E-state index in [4.69, 9.17) is 0 Å². The summed E-state index contributed by atoms with van der Waals surface area (Å²) in [7, 11) is 4.25. The maximum Gasteiger partial charge on any atom is 0.332 e. The predicted octanol–water partition coefficient (Wildman–Crippen LogP) is -0.636. The van der Waals surface area contributed by atoms with E-state index in [1.165, 1.54) is 23.7 Å². The molecule has 0 N–H and O–H groups in total. The molecule has 10 nitrogen and oxygen atoms in total. The van der Waals surface area contributed by atoms with Crippen molar-refractivity contribution in [3.05, 3.63) is 20.8 Å². The van der Waals surface area contributed by atoms with Gasteiger partial charge >= 0.3 is 11.7 Å². The number of ether oxygens (including phenoxy) is 1. The SMILES string of the molecule is COC(=O)CN1N=C(C)C(C)n2c1nc1c2c(=O)n(C)c(=O)n1C. The Morgan fingerprint density at radius 2 is 1.92 bits per heavy atom. The maximum atomic E-state index is 12.6. The fourth-order valence-electron chi connectivity index (χ4n) is 2.75. The largest absolute Gasteiger partial charge is 0.468 e. The third-order valence-corrected chi connectivity index (χ3v) is 4.28. The second-order valence-electron chi connectivity index (χ2n) is 5.71. The average Bonchev–Trinajstić information content (AvgIpc) is 2.96. The van der Waals surface area contributed by atoms with Crippen molar-refractivity contribution in [1.29, 1.82) is 0 Å². The van der Waals surface area contributed by atoms with Crippen molar-refractivity contribution < 1.29 is 9.53 Å². The summed E-state index contributed by atoms with van der Waals surface area (Å²) < 4.78 is 8.72. The number of aromatic nitrogens is 4. The van der Waals surface area contributed by atoms with Crippen LogP contribution in [0.15, 0.2) is 14.7 Å². The van der Waals surface area contributed by atoms with Gasteiger partial charge in [0.05, 0.1) is 18.9 Å². The van der Waals surface area contributed by atoms with E-state index < -0.39 is 17.2 Å². The van der Waals surface area contributed by atoms with E-state index in [2.05, 4.69) is 14.8 Å². The highest BCUT2D eigenvalue weighted by molar-refractivity contribution is 5.92. The van der Waals surface area contributed by atoms with Gasteiger partial charge in [0.15, 0.2) is 11.2 Å². The number of hydrogen-bond donors (Lipinski definition) is 0. The smallest absolute Gasteiger partial charge is 0.332 e. The lowest BCUT2D eigenvalue weighted by atomic mass is 10.2. The Labute approximate surface area is 136 Å². The number of nitrogens with zero attached hydrogens (tertiary/aromatic N) is 6. The molecule has 3 rings (SSSR count). The number of esters is 1. The van der Waals surface area contributed by atoms with Gasteiger partial charge < -0.3 is 4.74 Å². The number of imidazole rings is 1. The fourth-order valence-corrected chi connectivity index (χ4v) is 2.75. The molecule has 0 saturated carbocycles. The molecule has 1 aliphatic heterocycles. The first-order valence-corrected chi connectivity index (χ1v) is 7.35. The molecule has 128 valence electrons. The molecular formula is C14H18N6O4. The zero-order valence-corrected chi connectivity index (χ0v) is 14.1. The Balaban J connectivity index is 2.36. The van der Waals surface area contributed by atoms with Gasteiger partial charge in [-0.25, -0.2) is 9.80 Å². The van der Waals surface area contributed by atoms with Crippen LogP contribution in [0.25, 0.3) is 11.2 Å². The summed E-state index contributed by atoms with van der Waals surface area (Å²) in [6.07, 6.45) is 0. The van der Waals surface area contributed by atoms with E-state index in [0.29, 0.717) is 17.2 Å². The molecule has 2 aromatic rings. The Hall–Kier alpha value is -2.91. The zero-order valence-electron chi connectivity index (χ0n) is 14.1. The highest BCUT2D eigenvalue weighted by atomic mass is 16.5. The first-order chi connectivity index (χ1) is 11.3. The molecule has 2 aromatic heterocycles. The Kier molecular flexibility index (Phi) is 3.54. The van der Waals surface area contributed by atoms with E-state index in [1.807, 2.05) is 6.92 Å². The third kappa shape index (κ3) is 2.06. The lowest BCUT2D eigenvalue weighted by Gasteiger charge is -2.28. The number of carbonyl (C=O) groups is 1. The summed E-state index contributed by atoms with van der Waals surface area (Å²) in [5, 5.41) is 5.74. The maximum absolute atomic E-state index is 12.6. The van der Waals surface area contributed by atoms with E-state index in [0.717, 1.165) is 4.57 Å². The molecule has 0 spiro atoms. The van der Waals surface area contributed by atoms with Crippen molar-refractivity contribution in [2.45, 2.75) is 19.9 Å². The monoisotopic (exact) mass is 334 g/mol. The minimum Gasteiger partial charge on any atom is -0.468 e. The Morgan fingerprint density at radius 3 is 2.54 bits per heavy atom. The average molecular weight is 334 g/mol. The van der Waals surface area contributed by atoms with Crippen molar-refractivity contribution in [1.82, 2.24) is 18.7 Å². The van der Waals surface area contributed by atoms with Crippen LogP contribution in [0, 0.1) is 0 Å². The predicted molar refractivity (Wildman–Crippen MR) is 87.4 cm³/mol. The molecule has 1 atom stereocenters. The number of rotatable bonds is 2. The molecule has 0 radical (unpaired) electrons. The minimum absolute atomic E-state index is 0.141. The van der Waals surface area contributed by atoms with E-state index in [1.54, 1.807) is 18.5 Å². The number of anilines is 1. The van der Waals surface area contributed by atoms with Crippen LogP contribution in [0.3, 0.4) is 0 Å². The van der Waals surface area contributed by atoms with Gasteiger partial charge in [-0.1, -0.05) is 0 Å². The molecule has 0 aromatic carbocycles. The van der Waals surface area contributed by atoms with Crippen molar-refractivity contribution in [3.8, 4) is 0 Å². The normalized spacial score (nSPS) is 17.0. The topological polar surface area (TPSA) is 104 Å². The van der Waals surface area contributed by atoms with Crippen molar-refractivity contribution in [2.24, 2.45) is 19.2 Å². The molecule has 1 unspecified atom stereocenters. The van der Waals surface area contributed by atoms with Crippen LogP contribution in [0.5, 0.6) is 0 Å². The molecule has 3 heterocycles. The first kappa shape index (κ1) is 16.0. The van der Waals surface area contributed by atoms with Crippen LogP contribution in [0.2, 0.25) is 0 Å². The van der Waals surface area contributed by atoms with Crippen LogP contribution >= 0.6 is 0 Å². The molecule has 0 bridgehead atoms. The van der Waals surface area contributed by atoms with Gasteiger partial charge in [0, 0.05) is 14.1 Å². The van der Waals surface area contributed by atoms with Gasteiger partial charge in [-0.15, -0.1) is 0 Å². The summed E-state index contributed by atoms with van der Waals surface area (Å²) >= 11 is 0. The Morgan fingerprint density at radius 1 is 1.25 bits per heavy atom. The second kappa shape index (κ2) is 5.32. The van der Waals surface area contributed by atoms with E-state index >= 15 is 0 Å². The van der Waals surface area contributed by atoms with Crippen LogP contribution in [0.4, 0.5) is 5.95 Å². The number of methoxy groups -OCH3 is 1. The van der Waals surface area contributed by atoms with Gasteiger partial charge in [0.2, 0.25) is 5.95 Å². The summed E-state index contributed by atoms with van der Waals surface area (Å²) in [6, 6.07) is -0.232. The molecule has 10 heteroatoms. The van der Waals surface area contributed by atoms with Gasteiger partial charge in [0.1, 0.15) is 6.54 Å². The van der Waals surface area contributed by atoms with Gasteiger partial charge in [0.25, 0.3) is 5.56 Å². The zero-order chi connectivity index (χ0) is 17.8. The molecular weight excluding hydrogens is 316 g/mol. The molecule has 0 fully saturated rings. The van der Waals surface area contributed by atoms with Crippen LogP contribution in [0.1, 0.15) is 19.9 Å². The second-order valence-corrected chi connectivity index (χ2v) is 5.71. The summed E-state index contributed by atoms with van der Waals surface area (Å²) in [4.78, 5) is 40.8. The van der Waals surface area contributed by atoms with Crippen molar-refractivity contribution in [2.75, 3.05) is 18.7 Å². The number of hydrogen-bond acceptors (Lipinski definition) is 7. The Bertz CT molecular complexity index is 995.